The third kappa shape index (κ3) is 2.08. The van der Waals surface area contributed by atoms with Crippen LogP contribution in [0.15, 0.2) is 12.1 Å². The first-order valence-electron chi connectivity index (χ1n) is 6.68. The highest BCUT2D eigenvalue weighted by atomic mass is 127. The van der Waals surface area contributed by atoms with Crippen molar-refractivity contribution in [1.82, 2.24) is 0 Å². The molecular weight excluding hydrogens is 342 g/mol. The normalized spacial score (nSPS) is 26.3. The minimum absolute atomic E-state index is 0.102. The summed E-state index contributed by atoms with van der Waals surface area (Å²) in [6.45, 7) is 4.33. The Labute approximate surface area is 121 Å². The molecule has 1 aromatic rings. The van der Waals surface area contributed by atoms with Crippen LogP contribution in [0.4, 0.5) is 15.8 Å². The van der Waals surface area contributed by atoms with Crippen molar-refractivity contribution in [2.75, 3.05) is 23.3 Å². The fourth-order valence-electron chi connectivity index (χ4n) is 3.16. The van der Waals surface area contributed by atoms with Gasteiger partial charge in [0.2, 0.25) is 0 Å². The van der Waals surface area contributed by atoms with Crippen molar-refractivity contribution in [2.24, 2.45) is 5.92 Å². The third-order valence-corrected chi connectivity index (χ3v) is 5.10. The molecule has 0 aliphatic carbocycles. The van der Waals surface area contributed by atoms with Crippen LogP contribution in [-0.2, 0) is 0 Å². The van der Waals surface area contributed by atoms with Crippen LogP contribution in [0.2, 0.25) is 0 Å². The van der Waals surface area contributed by atoms with E-state index in [0.29, 0.717) is 9.61 Å². The van der Waals surface area contributed by atoms with Crippen LogP contribution in [0.3, 0.4) is 0 Å². The Bertz CT molecular complexity index is 463. The zero-order valence-electron chi connectivity index (χ0n) is 10.5. The topological polar surface area (TPSA) is 15.3 Å². The van der Waals surface area contributed by atoms with E-state index in [0.717, 1.165) is 30.4 Å². The van der Waals surface area contributed by atoms with E-state index in [1.807, 2.05) is 6.07 Å². The number of nitrogens with one attached hydrogen (secondary N) is 1. The van der Waals surface area contributed by atoms with E-state index in [1.54, 1.807) is 6.07 Å². The molecule has 2 heterocycles. The zero-order chi connectivity index (χ0) is 12.7. The molecule has 1 saturated heterocycles. The highest BCUT2D eigenvalue weighted by molar-refractivity contribution is 14.1. The van der Waals surface area contributed by atoms with Crippen LogP contribution in [0.5, 0.6) is 0 Å². The summed E-state index contributed by atoms with van der Waals surface area (Å²) in [5.41, 5.74) is 2.14. The van der Waals surface area contributed by atoms with Gasteiger partial charge in [-0.2, -0.15) is 0 Å². The Balaban J connectivity index is 1.92. The van der Waals surface area contributed by atoms with Crippen LogP contribution in [0.25, 0.3) is 0 Å². The average molecular weight is 360 g/mol. The van der Waals surface area contributed by atoms with Gasteiger partial charge < -0.3 is 10.2 Å². The summed E-state index contributed by atoms with van der Waals surface area (Å²) in [6.07, 6.45) is 3.73. The largest absolute Gasteiger partial charge is 0.381 e. The van der Waals surface area contributed by atoms with Gasteiger partial charge in [0.1, 0.15) is 5.82 Å². The maximum Gasteiger partial charge on any atom is 0.138 e. The molecule has 1 aromatic carbocycles. The molecule has 0 amide bonds. The molecule has 0 spiro atoms. The fourth-order valence-corrected chi connectivity index (χ4v) is 3.63. The number of halogens is 2. The van der Waals surface area contributed by atoms with Crippen molar-refractivity contribution in [3.63, 3.8) is 0 Å². The van der Waals surface area contributed by atoms with E-state index in [1.165, 1.54) is 19.3 Å². The van der Waals surface area contributed by atoms with Crippen molar-refractivity contribution < 1.29 is 4.39 Å². The summed E-state index contributed by atoms with van der Waals surface area (Å²) in [7, 11) is 0. The van der Waals surface area contributed by atoms with Crippen LogP contribution >= 0.6 is 22.6 Å². The van der Waals surface area contributed by atoms with Gasteiger partial charge in [-0.3, -0.25) is 0 Å². The zero-order valence-corrected chi connectivity index (χ0v) is 12.7. The molecule has 2 aliphatic rings. The molecular formula is C14H18FIN2. The predicted molar refractivity (Wildman–Crippen MR) is 81.8 cm³/mol. The molecule has 18 heavy (non-hydrogen) atoms. The van der Waals surface area contributed by atoms with Gasteiger partial charge in [0.15, 0.2) is 0 Å². The van der Waals surface area contributed by atoms with Crippen LogP contribution in [-0.4, -0.2) is 19.1 Å². The number of hydrogen-bond acceptors (Lipinski definition) is 2. The monoisotopic (exact) mass is 360 g/mol. The molecule has 98 valence electrons. The lowest BCUT2D eigenvalue weighted by Gasteiger charge is -2.45. The number of hydrogen-bond donors (Lipinski definition) is 1. The highest BCUT2D eigenvalue weighted by Crippen LogP contribution is 2.39. The van der Waals surface area contributed by atoms with Crippen molar-refractivity contribution >= 4 is 34.0 Å². The lowest BCUT2D eigenvalue weighted by Crippen LogP contribution is -2.49. The van der Waals surface area contributed by atoms with Crippen LogP contribution in [0.1, 0.15) is 26.2 Å². The average Bonchev–Trinajstić information content (AvgIpc) is 2.39. The molecule has 1 N–H and O–H groups in total. The van der Waals surface area contributed by atoms with Crippen molar-refractivity contribution in [2.45, 2.75) is 32.2 Å². The first kappa shape index (κ1) is 12.5. The van der Waals surface area contributed by atoms with Crippen molar-refractivity contribution in [1.29, 1.82) is 0 Å². The summed E-state index contributed by atoms with van der Waals surface area (Å²) in [5, 5.41) is 3.46. The van der Waals surface area contributed by atoms with Gasteiger partial charge in [0, 0.05) is 25.2 Å². The molecule has 3 rings (SSSR count). The first-order valence-corrected chi connectivity index (χ1v) is 7.76. The Kier molecular flexibility index (Phi) is 3.38. The number of benzene rings is 1. The van der Waals surface area contributed by atoms with Gasteiger partial charge >= 0.3 is 0 Å². The lowest BCUT2D eigenvalue weighted by molar-refractivity contribution is 0.336. The molecule has 4 heteroatoms. The summed E-state index contributed by atoms with van der Waals surface area (Å²) in [6, 6.07) is 4.16. The Morgan fingerprint density at radius 3 is 3.11 bits per heavy atom. The maximum absolute atomic E-state index is 13.7. The van der Waals surface area contributed by atoms with Gasteiger partial charge in [-0.1, -0.05) is 13.3 Å². The van der Waals surface area contributed by atoms with E-state index in [4.69, 9.17) is 0 Å². The SMILES string of the molecule is CCC1CCN2c3cc(F)c(I)cc3NCC2C1. The standard InChI is InChI=1S/C14H18FIN2/c1-2-9-3-4-18-10(5-9)8-17-13-7-12(16)11(15)6-14(13)18/h6-7,9-10,17H,2-5,8H2,1H3. The molecule has 2 atom stereocenters. The van der Waals surface area contributed by atoms with E-state index < -0.39 is 0 Å². The third-order valence-electron chi connectivity index (χ3n) is 4.28. The van der Waals surface area contributed by atoms with Crippen LogP contribution < -0.4 is 10.2 Å². The molecule has 2 unspecified atom stereocenters. The second kappa shape index (κ2) is 4.87. The van der Waals surface area contributed by atoms with E-state index in [2.05, 4.69) is 39.7 Å². The number of nitrogens with zero attached hydrogens (tertiary/aromatic N) is 1. The maximum atomic E-state index is 13.7. The van der Waals surface area contributed by atoms with Crippen LogP contribution in [0, 0.1) is 15.3 Å². The lowest BCUT2D eigenvalue weighted by atomic mass is 9.87. The fraction of sp³-hybridized carbons (Fsp3) is 0.571. The molecule has 0 aromatic heterocycles. The minimum Gasteiger partial charge on any atom is -0.381 e. The van der Waals surface area contributed by atoms with Gasteiger partial charge in [0.05, 0.1) is 14.9 Å². The Morgan fingerprint density at radius 2 is 2.33 bits per heavy atom. The number of rotatable bonds is 1. The van der Waals surface area contributed by atoms with Gasteiger partial charge in [-0.15, -0.1) is 0 Å². The minimum atomic E-state index is -0.102. The number of piperidine rings is 1. The van der Waals surface area contributed by atoms with Crippen molar-refractivity contribution in [3.8, 4) is 0 Å². The second-order valence-electron chi connectivity index (χ2n) is 5.31. The Morgan fingerprint density at radius 1 is 1.50 bits per heavy atom. The summed E-state index contributed by atoms with van der Waals surface area (Å²) in [5.74, 6) is 0.734. The smallest absolute Gasteiger partial charge is 0.138 e. The quantitative estimate of drug-likeness (QED) is 0.766. The number of fused-ring (bicyclic) bond motifs is 3. The van der Waals surface area contributed by atoms with E-state index >= 15 is 0 Å². The molecule has 2 aliphatic heterocycles. The summed E-state index contributed by atoms with van der Waals surface area (Å²) >= 11 is 2.05. The molecule has 0 bridgehead atoms. The Hall–Kier alpha value is -0.520. The van der Waals surface area contributed by atoms with Gasteiger partial charge in [-0.25, -0.2) is 4.39 Å². The molecule has 2 nitrogen and oxygen atoms in total. The predicted octanol–water partition coefficient (Wildman–Crippen LogP) is 3.85. The first-order chi connectivity index (χ1) is 8.69. The van der Waals surface area contributed by atoms with Crippen molar-refractivity contribution in [3.05, 3.63) is 21.5 Å². The summed E-state index contributed by atoms with van der Waals surface area (Å²) < 4.78 is 14.4. The van der Waals surface area contributed by atoms with Gasteiger partial charge in [-0.05, 0) is 47.4 Å². The van der Waals surface area contributed by atoms with Gasteiger partial charge in [0.25, 0.3) is 0 Å². The molecule has 1 fully saturated rings. The number of anilines is 2. The second-order valence-corrected chi connectivity index (χ2v) is 6.47. The van der Waals surface area contributed by atoms with E-state index in [9.17, 15) is 4.39 Å². The van der Waals surface area contributed by atoms with E-state index in [-0.39, 0.29) is 5.82 Å². The highest BCUT2D eigenvalue weighted by Gasteiger charge is 2.32. The molecule has 0 radical (unpaired) electrons. The summed E-state index contributed by atoms with van der Waals surface area (Å²) in [4.78, 5) is 2.40. The molecule has 0 saturated carbocycles.